The summed E-state index contributed by atoms with van der Waals surface area (Å²) in [5.41, 5.74) is 3.11. The van der Waals surface area contributed by atoms with Gasteiger partial charge in [0.05, 0.1) is 23.9 Å². The second kappa shape index (κ2) is 9.76. The zero-order valence-corrected chi connectivity index (χ0v) is 19.6. The Kier molecular flexibility index (Phi) is 6.19. The molecule has 0 fully saturated rings. The maximum Gasteiger partial charge on any atom is 0.350 e. The Morgan fingerprint density at radius 3 is 2.72 bits per heavy atom. The standard InChI is InChI=1S/C26H23N7O3/c1-2-3-13-36-21-9-7-19(8-10-21)22-15-23-25-30-33(26(35)31(25)11-12-32(23)29-22)17-24(34)28-20-6-4-5-18(14-20)16-27/h4-12,14-15H,2-3,13,17H2,1H3,(H,28,34). The average molecular weight is 482 g/mol. The summed E-state index contributed by atoms with van der Waals surface area (Å²) in [4.78, 5) is 25.4. The summed E-state index contributed by atoms with van der Waals surface area (Å²) in [5.74, 6) is 0.378. The zero-order valence-electron chi connectivity index (χ0n) is 19.6. The number of anilines is 1. The Hall–Kier alpha value is -4.91. The van der Waals surface area contributed by atoms with Crippen molar-refractivity contribution in [1.82, 2.24) is 23.8 Å². The van der Waals surface area contributed by atoms with Crippen LogP contribution in [0.2, 0.25) is 0 Å². The van der Waals surface area contributed by atoms with Gasteiger partial charge in [-0.2, -0.15) is 10.4 Å². The molecule has 10 heteroatoms. The second-order valence-electron chi connectivity index (χ2n) is 8.26. The molecule has 36 heavy (non-hydrogen) atoms. The number of benzene rings is 2. The van der Waals surface area contributed by atoms with Crippen LogP contribution in [0.3, 0.4) is 0 Å². The topological polar surface area (TPSA) is 119 Å². The van der Waals surface area contributed by atoms with E-state index in [2.05, 4.69) is 22.4 Å². The lowest BCUT2D eigenvalue weighted by Gasteiger charge is -2.05. The van der Waals surface area contributed by atoms with Crippen molar-refractivity contribution in [2.24, 2.45) is 0 Å². The van der Waals surface area contributed by atoms with Crippen LogP contribution in [0.15, 0.2) is 71.8 Å². The summed E-state index contributed by atoms with van der Waals surface area (Å²) in [6.45, 7) is 2.53. The van der Waals surface area contributed by atoms with Crippen LogP contribution in [-0.4, -0.2) is 36.3 Å². The highest BCUT2D eigenvalue weighted by atomic mass is 16.5. The summed E-state index contributed by atoms with van der Waals surface area (Å²) >= 11 is 0. The van der Waals surface area contributed by atoms with Gasteiger partial charge in [-0.05, 0) is 55.0 Å². The Morgan fingerprint density at radius 2 is 1.94 bits per heavy atom. The van der Waals surface area contributed by atoms with Gasteiger partial charge in [0.1, 0.15) is 17.8 Å². The van der Waals surface area contributed by atoms with Crippen molar-refractivity contribution < 1.29 is 9.53 Å². The molecule has 3 aromatic heterocycles. The number of amides is 1. The second-order valence-corrected chi connectivity index (χ2v) is 8.26. The van der Waals surface area contributed by atoms with Crippen molar-refractivity contribution in [1.29, 1.82) is 5.26 Å². The minimum atomic E-state index is -0.440. The molecule has 0 bridgehead atoms. The number of nitrogens with one attached hydrogen (secondary N) is 1. The van der Waals surface area contributed by atoms with Crippen LogP contribution in [-0.2, 0) is 11.3 Å². The third-order valence-electron chi connectivity index (χ3n) is 5.68. The normalized spacial score (nSPS) is 11.0. The molecule has 0 aliphatic carbocycles. The van der Waals surface area contributed by atoms with E-state index in [1.165, 1.54) is 4.40 Å². The smallest absolute Gasteiger partial charge is 0.350 e. The first-order valence-corrected chi connectivity index (χ1v) is 11.6. The van der Waals surface area contributed by atoms with Crippen LogP contribution in [0.5, 0.6) is 5.75 Å². The molecule has 5 aromatic rings. The van der Waals surface area contributed by atoms with Crippen LogP contribution in [0.1, 0.15) is 25.3 Å². The Morgan fingerprint density at radius 1 is 1.11 bits per heavy atom. The number of fused-ring (bicyclic) bond motifs is 3. The molecule has 0 atom stereocenters. The summed E-state index contributed by atoms with van der Waals surface area (Å²) in [5, 5.41) is 20.7. The molecule has 0 radical (unpaired) electrons. The monoisotopic (exact) mass is 481 g/mol. The predicted octanol–water partition coefficient (Wildman–Crippen LogP) is 3.50. The fourth-order valence-corrected chi connectivity index (χ4v) is 3.84. The number of carbonyl (C=O) groups is 1. The van der Waals surface area contributed by atoms with Crippen LogP contribution >= 0.6 is 0 Å². The summed E-state index contributed by atoms with van der Waals surface area (Å²) in [6.07, 6.45) is 5.33. The van der Waals surface area contributed by atoms with Gasteiger partial charge in [-0.25, -0.2) is 18.4 Å². The van der Waals surface area contributed by atoms with Gasteiger partial charge < -0.3 is 10.1 Å². The third-order valence-corrected chi connectivity index (χ3v) is 5.68. The highest BCUT2D eigenvalue weighted by Crippen LogP contribution is 2.24. The molecule has 0 unspecified atom stereocenters. The minimum absolute atomic E-state index is 0.274. The number of hydrogen-bond acceptors (Lipinski definition) is 6. The van der Waals surface area contributed by atoms with Crippen molar-refractivity contribution in [3.63, 3.8) is 0 Å². The number of ether oxygens (including phenoxy) is 1. The van der Waals surface area contributed by atoms with E-state index < -0.39 is 11.6 Å². The average Bonchev–Trinajstić information content (AvgIpc) is 3.46. The first kappa shape index (κ1) is 22.9. The quantitative estimate of drug-likeness (QED) is 0.339. The van der Waals surface area contributed by atoms with Gasteiger partial charge in [0, 0.05) is 23.6 Å². The molecule has 0 saturated carbocycles. The molecule has 180 valence electrons. The highest BCUT2D eigenvalue weighted by Gasteiger charge is 2.15. The SMILES string of the molecule is CCCCOc1ccc(-c2cc3c4nn(CC(=O)Nc5cccc(C#N)c5)c(=O)n4ccn3n2)cc1. The fraction of sp³-hybridized carbons (Fsp3) is 0.192. The van der Waals surface area contributed by atoms with E-state index >= 15 is 0 Å². The predicted molar refractivity (Wildman–Crippen MR) is 134 cm³/mol. The molecular formula is C26H23N7O3. The van der Waals surface area contributed by atoms with Gasteiger partial charge in [0.15, 0.2) is 5.65 Å². The summed E-state index contributed by atoms with van der Waals surface area (Å²) in [6, 6.07) is 18.1. The first-order chi connectivity index (χ1) is 17.6. The van der Waals surface area contributed by atoms with E-state index in [-0.39, 0.29) is 6.54 Å². The van der Waals surface area contributed by atoms with Gasteiger partial charge in [0.25, 0.3) is 0 Å². The van der Waals surface area contributed by atoms with Crippen molar-refractivity contribution in [3.05, 3.63) is 83.0 Å². The van der Waals surface area contributed by atoms with Crippen LogP contribution < -0.4 is 15.7 Å². The van der Waals surface area contributed by atoms with E-state index in [1.54, 1.807) is 41.2 Å². The number of hydrogen-bond donors (Lipinski definition) is 1. The van der Waals surface area contributed by atoms with Crippen LogP contribution in [0.4, 0.5) is 5.69 Å². The van der Waals surface area contributed by atoms with E-state index in [0.29, 0.717) is 29.0 Å². The number of aromatic nitrogens is 5. The Bertz CT molecular complexity index is 1660. The van der Waals surface area contributed by atoms with E-state index in [4.69, 9.17) is 10.00 Å². The van der Waals surface area contributed by atoms with Crippen molar-refractivity contribution in [2.75, 3.05) is 11.9 Å². The number of unbranched alkanes of at least 4 members (excludes halogenated alkanes) is 1. The lowest BCUT2D eigenvalue weighted by atomic mass is 10.1. The van der Waals surface area contributed by atoms with Gasteiger partial charge in [-0.1, -0.05) is 19.4 Å². The van der Waals surface area contributed by atoms with Crippen molar-refractivity contribution >= 4 is 22.8 Å². The molecule has 5 rings (SSSR count). The van der Waals surface area contributed by atoms with Crippen LogP contribution in [0.25, 0.3) is 22.4 Å². The molecule has 1 N–H and O–H groups in total. The van der Waals surface area contributed by atoms with Gasteiger partial charge in [0.2, 0.25) is 5.91 Å². The first-order valence-electron chi connectivity index (χ1n) is 11.6. The minimum Gasteiger partial charge on any atom is -0.494 e. The molecule has 10 nitrogen and oxygen atoms in total. The molecular weight excluding hydrogens is 458 g/mol. The van der Waals surface area contributed by atoms with E-state index in [9.17, 15) is 9.59 Å². The summed E-state index contributed by atoms with van der Waals surface area (Å²) in [7, 11) is 0. The van der Waals surface area contributed by atoms with Crippen molar-refractivity contribution in [2.45, 2.75) is 26.3 Å². The lowest BCUT2D eigenvalue weighted by molar-refractivity contribution is -0.117. The van der Waals surface area contributed by atoms with E-state index in [1.807, 2.05) is 36.4 Å². The molecule has 3 heterocycles. The Balaban J connectivity index is 1.39. The maximum absolute atomic E-state index is 12.9. The zero-order chi connectivity index (χ0) is 25.1. The molecule has 0 aliphatic heterocycles. The lowest BCUT2D eigenvalue weighted by Crippen LogP contribution is -2.28. The highest BCUT2D eigenvalue weighted by molar-refractivity contribution is 5.90. The summed E-state index contributed by atoms with van der Waals surface area (Å²) < 4.78 is 9.87. The molecule has 0 spiro atoms. The Labute approximate surface area is 206 Å². The maximum atomic E-state index is 12.9. The number of nitriles is 1. The van der Waals surface area contributed by atoms with E-state index in [0.717, 1.165) is 34.5 Å². The molecule has 0 aliphatic rings. The number of carbonyl (C=O) groups excluding carboxylic acids is 1. The number of rotatable bonds is 8. The largest absolute Gasteiger partial charge is 0.494 e. The third kappa shape index (κ3) is 4.54. The van der Waals surface area contributed by atoms with Gasteiger partial charge in [-0.3, -0.25) is 4.79 Å². The number of nitrogens with zero attached hydrogens (tertiary/aromatic N) is 6. The fourth-order valence-electron chi connectivity index (χ4n) is 3.84. The van der Waals surface area contributed by atoms with Gasteiger partial charge in [-0.15, -0.1) is 5.10 Å². The molecule has 1 amide bonds. The van der Waals surface area contributed by atoms with Gasteiger partial charge >= 0.3 is 5.69 Å². The van der Waals surface area contributed by atoms with Crippen LogP contribution in [0, 0.1) is 11.3 Å². The molecule has 0 saturated heterocycles. The molecule has 2 aromatic carbocycles. The van der Waals surface area contributed by atoms with Crippen molar-refractivity contribution in [3.8, 4) is 23.1 Å².